The van der Waals surface area contributed by atoms with Crippen molar-refractivity contribution < 1.29 is 14.6 Å². The first-order valence-corrected chi connectivity index (χ1v) is 6.03. The highest BCUT2D eigenvalue weighted by atomic mass is 16.5. The molecule has 0 aromatic heterocycles. The van der Waals surface area contributed by atoms with E-state index in [1.807, 2.05) is 12.1 Å². The van der Waals surface area contributed by atoms with Gasteiger partial charge in [0.15, 0.2) is 0 Å². The molecule has 0 bridgehead atoms. The Morgan fingerprint density at radius 2 is 2.00 bits per heavy atom. The van der Waals surface area contributed by atoms with Gasteiger partial charge in [0.1, 0.15) is 0 Å². The van der Waals surface area contributed by atoms with Crippen molar-refractivity contribution >= 4 is 5.91 Å². The molecule has 1 aromatic rings. The number of carbonyl (C=O) groups excluding carboxylic acids is 1. The molecular formula is C13H20N2O3. The molecule has 0 atom stereocenters. The maximum atomic E-state index is 11.7. The van der Waals surface area contributed by atoms with Gasteiger partial charge in [0.2, 0.25) is 0 Å². The number of ether oxygens (including phenoxy) is 1. The molecule has 0 spiro atoms. The highest BCUT2D eigenvalue weighted by molar-refractivity contribution is 5.94. The average Bonchev–Trinajstić information content (AvgIpc) is 2.39. The molecule has 100 valence electrons. The molecule has 1 amide bonds. The van der Waals surface area contributed by atoms with Crippen LogP contribution in [-0.4, -0.2) is 43.9 Å². The van der Waals surface area contributed by atoms with E-state index in [1.54, 1.807) is 12.1 Å². The van der Waals surface area contributed by atoms with Gasteiger partial charge in [-0.25, -0.2) is 0 Å². The first-order valence-electron chi connectivity index (χ1n) is 6.03. The van der Waals surface area contributed by atoms with Crippen LogP contribution in [0.5, 0.6) is 0 Å². The molecule has 18 heavy (non-hydrogen) atoms. The van der Waals surface area contributed by atoms with Crippen LogP contribution in [0.1, 0.15) is 15.9 Å². The zero-order valence-electron chi connectivity index (χ0n) is 10.4. The Hall–Kier alpha value is -1.43. The second kappa shape index (κ2) is 8.63. The van der Waals surface area contributed by atoms with Gasteiger partial charge in [-0.2, -0.15) is 0 Å². The van der Waals surface area contributed by atoms with E-state index < -0.39 is 0 Å². The maximum Gasteiger partial charge on any atom is 0.251 e. The average molecular weight is 252 g/mol. The van der Waals surface area contributed by atoms with Gasteiger partial charge in [0.05, 0.1) is 19.8 Å². The minimum absolute atomic E-state index is 0.00342. The summed E-state index contributed by atoms with van der Waals surface area (Å²) in [4.78, 5) is 11.7. The first kappa shape index (κ1) is 14.6. The smallest absolute Gasteiger partial charge is 0.251 e. The summed E-state index contributed by atoms with van der Waals surface area (Å²) >= 11 is 0. The van der Waals surface area contributed by atoms with Gasteiger partial charge in [-0.1, -0.05) is 12.1 Å². The summed E-state index contributed by atoms with van der Waals surface area (Å²) < 4.78 is 5.04. The van der Waals surface area contributed by atoms with Gasteiger partial charge in [-0.05, 0) is 30.7 Å². The Bertz CT molecular complexity index is 352. The molecule has 4 N–H and O–H groups in total. The molecular weight excluding hydrogens is 232 g/mol. The molecule has 0 heterocycles. The van der Waals surface area contributed by atoms with Crippen LogP contribution in [-0.2, 0) is 11.2 Å². The van der Waals surface area contributed by atoms with E-state index in [9.17, 15) is 4.79 Å². The van der Waals surface area contributed by atoms with Crippen molar-refractivity contribution in [1.29, 1.82) is 0 Å². The molecule has 0 aliphatic heterocycles. The van der Waals surface area contributed by atoms with E-state index in [1.165, 1.54) is 0 Å². The summed E-state index contributed by atoms with van der Waals surface area (Å²) in [5.41, 5.74) is 7.20. The molecule has 0 fully saturated rings. The van der Waals surface area contributed by atoms with Gasteiger partial charge in [-0.15, -0.1) is 0 Å². The number of aliphatic hydroxyl groups excluding tert-OH is 1. The Labute approximate surface area is 107 Å². The molecule has 0 saturated heterocycles. The third kappa shape index (κ3) is 5.27. The molecule has 1 aromatic carbocycles. The van der Waals surface area contributed by atoms with E-state index in [4.69, 9.17) is 15.6 Å². The van der Waals surface area contributed by atoms with Crippen LogP contribution in [0, 0.1) is 0 Å². The fourth-order valence-electron chi connectivity index (χ4n) is 1.49. The molecule has 0 radical (unpaired) electrons. The quantitative estimate of drug-likeness (QED) is 0.565. The number of nitrogens with one attached hydrogen (secondary N) is 1. The lowest BCUT2D eigenvalue weighted by molar-refractivity contribution is 0.0838. The number of rotatable bonds is 8. The summed E-state index contributed by atoms with van der Waals surface area (Å²) in [6, 6.07) is 7.39. The minimum atomic E-state index is -0.123. The topological polar surface area (TPSA) is 84.6 Å². The minimum Gasteiger partial charge on any atom is -0.394 e. The normalized spacial score (nSPS) is 10.3. The molecule has 0 saturated carbocycles. The van der Waals surface area contributed by atoms with Crippen molar-refractivity contribution in [3.63, 3.8) is 0 Å². The van der Waals surface area contributed by atoms with Crippen LogP contribution in [0.3, 0.4) is 0 Å². The molecule has 5 nitrogen and oxygen atoms in total. The van der Waals surface area contributed by atoms with Gasteiger partial charge >= 0.3 is 0 Å². The Balaban J connectivity index is 2.32. The Morgan fingerprint density at radius 3 is 2.61 bits per heavy atom. The Kier molecular flexibility index (Phi) is 7.01. The van der Waals surface area contributed by atoms with Crippen molar-refractivity contribution in [1.82, 2.24) is 5.32 Å². The van der Waals surface area contributed by atoms with E-state index >= 15 is 0 Å². The number of amides is 1. The summed E-state index contributed by atoms with van der Waals surface area (Å²) in [6.07, 6.45) is 0.816. The highest BCUT2D eigenvalue weighted by Gasteiger charge is 2.04. The zero-order chi connectivity index (χ0) is 13.2. The summed E-state index contributed by atoms with van der Waals surface area (Å²) in [5.74, 6) is -0.123. The predicted octanol–water partition coefficient (Wildman–Crippen LogP) is -0.0735. The van der Waals surface area contributed by atoms with Crippen LogP contribution in [0.15, 0.2) is 24.3 Å². The second-order valence-electron chi connectivity index (χ2n) is 3.83. The third-order valence-corrected chi connectivity index (χ3v) is 2.42. The van der Waals surface area contributed by atoms with Gasteiger partial charge < -0.3 is 20.9 Å². The van der Waals surface area contributed by atoms with Crippen molar-refractivity contribution in [2.45, 2.75) is 6.42 Å². The van der Waals surface area contributed by atoms with E-state index in [2.05, 4.69) is 5.32 Å². The summed E-state index contributed by atoms with van der Waals surface area (Å²) in [6.45, 7) is 1.73. The van der Waals surface area contributed by atoms with Crippen LogP contribution in [0.2, 0.25) is 0 Å². The van der Waals surface area contributed by atoms with Crippen molar-refractivity contribution in [3.8, 4) is 0 Å². The fourth-order valence-corrected chi connectivity index (χ4v) is 1.49. The van der Waals surface area contributed by atoms with Gasteiger partial charge in [0, 0.05) is 12.1 Å². The standard InChI is InChI=1S/C13H20N2O3/c14-6-5-11-1-3-12(4-2-11)13(17)15-7-9-18-10-8-16/h1-4,16H,5-10,14H2,(H,15,17). The maximum absolute atomic E-state index is 11.7. The van der Waals surface area contributed by atoms with Crippen molar-refractivity contribution in [2.24, 2.45) is 5.73 Å². The Morgan fingerprint density at radius 1 is 1.28 bits per heavy atom. The van der Waals surface area contributed by atoms with Gasteiger partial charge in [0.25, 0.3) is 5.91 Å². The molecule has 1 rings (SSSR count). The number of hydrogen-bond donors (Lipinski definition) is 3. The highest BCUT2D eigenvalue weighted by Crippen LogP contribution is 2.04. The summed E-state index contributed by atoms with van der Waals surface area (Å²) in [5, 5.41) is 11.2. The second-order valence-corrected chi connectivity index (χ2v) is 3.83. The van der Waals surface area contributed by atoms with Gasteiger partial charge in [-0.3, -0.25) is 4.79 Å². The van der Waals surface area contributed by atoms with Crippen LogP contribution < -0.4 is 11.1 Å². The number of aliphatic hydroxyl groups is 1. The van der Waals surface area contributed by atoms with Crippen molar-refractivity contribution in [3.05, 3.63) is 35.4 Å². The number of nitrogens with two attached hydrogens (primary N) is 1. The zero-order valence-corrected chi connectivity index (χ0v) is 10.4. The third-order valence-electron chi connectivity index (χ3n) is 2.42. The van der Waals surface area contributed by atoms with Crippen molar-refractivity contribution in [2.75, 3.05) is 32.9 Å². The number of hydrogen-bond acceptors (Lipinski definition) is 4. The van der Waals surface area contributed by atoms with Crippen LogP contribution in [0.25, 0.3) is 0 Å². The lowest BCUT2D eigenvalue weighted by atomic mass is 10.1. The lowest BCUT2D eigenvalue weighted by Gasteiger charge is -2.06. The SMILES string of the molecule is NCCc1ccc(C(=O)NCCOCCO)cc1. The molecule has 0 aliphatic rings. The predicted molar refractivity (Wildman–Crippen MR) is 69.4 cm³/mol. The fraction of sp³-hybridized carbons (Fsp3) is 0.462. The molecule has 0 unspecified atom stereocenters. The number of benzene rings is 1. The monoisotopic (exact) mass is 252 g/mol. The first-order chi connectivity index (χ1) is 8.77. The largest absolute Gasteiger partial charge is 0.394 e. The van der Waals surface area contributed by atoms with Crippen LogP contribution in [0.4, 0.5) is 0 Å². The molecule has 5 heteroatoms. The van der Waals surface area contributed by atoms with E-state index in [0.717, 1.165) is 12.0 Å². The van der Waals surface area contributed by atoms with Crippen LogP contribution >= 0.6 is 0 Å². The summed E-state index contributed by atoms with van der Waals surface area (Å²) in [7, 11) is 0. The van der Waals surface area contributed by atoms with E-state index in [0.29, 0.717) is 31.9 Å². The molecule has 0 aliphatic carbocycles. The van der Waals surface area contributed by atoms with E-state index in [-0.39, 0.29) is 12.5 Å². The lowest BCUT2D eigenvalue weighted by Crippen LogP contribution is -2.27. The number of carbonyl (C=O) groups is 1.